The molecule has 1 rings (SSSR count). The number of rotatable bonds is 1. The van der Waals surface area contributed by atoms with Crippen LogP contribution in [-0.2, 0) is 9.47 Å². The molecule has 6 nitrogen and oxygen atoms in total. The van der Waals surface area contributed by atoms with E-state index in [-0.39, 0.29) is 12.3 Å². The highest BCUT2D eigenvalue weighted by molar-refractivity contribution is 5.81. The van der Waals surface area contributed by atoms with Crippen LogP contribution >= 0.6 is 0 Å². The van der Waals surface area contributed by atoms with Crippen molar-refractivity contribution in [2.24, 2.45) is 5.73 Å². The van der Waals surface area contributed by atoms with Crippen molar-refractivity contribution in [3.05, 3.63) is 0 Å². The van der Waals surface area contributed by atoms with Gasteiger partial charge in [0.25, 0.3) is 0 Å². The first-order valence-corrected chi connectivity index (χ1v) is 4.95. The van der Waals surface area contributed by atoms with E-state index in [0.29, 0.717) is 6.54 Å². The SMILES string of the molecule is CC(C)OC(=O)OC(=O)N1CCCC1N. The van der Waals surface area contributed by atoms with E-state index in [1.165, 1.54) is 4.90 Å². The van der Waals surface area contributed by atoms with E-state index < -0.39 is 12.2 Å². The Hall–Kier alpha value is -1.30. The number of hydrogen-bond donors (Lipinski definition) is 1. The summed E-state index contributed by atoms with van der Waals surface area (Å²) in [6, 6.07) is 0. The predicted octanol–water partition coefficient (Wildman–Crippen LogP) is 1.05. The number of carbonyl (C=O) groups excluding carboxylic acids is 2. The van der Waals surface area contributed by atoms with Crippen LogP contribution in [0.2, 0.25) is 0 Å². The Morgan fingerprint density at radius 3 is 2.60 bits per heavy atom. The molecule has 2 N–H and O–H groups in total. The van der Waals surface area contributed by atoms with Crippen LogP contribution < -0.4 is 5.73 Å². The third kappa shape index (κ3) is 3.39. The average molecular weight is 216 g/mol. The summed E-state index contributed by atoms with van der Waals surface area (Å²) in [5.41, 5.74) is 5.63. The topological polar surface area (TPSA) is 81.9 Å². The Kier molecular flexibility index (Phi) is 3.90. The van der Waals surface area contributed by atoms with Crippen LogP contribution in [0.1, 0.15) is 26.7 Å². The molecule has 6 heteroatoms. The van der Waals surface area contributed by atoms with Crippen LogP contribution in [0.4, 0.5) is 9.59 Å². The molecule has 0 saturated carbocycles. The summed E-state index contributed by atoms with van der Waals surface area (Å²) < 4.78 is 9.13. The Morgan fingerprint density at radius 2 is 2.13 bits per heavy atom. The van der Waals surface area contributed by atoms with Crippen molar-refractivity contribution >= 4 is 12.2 Å². The molecule has 0 spiro atoms. The largest absolute Gasteiger partial charge is 0.517 e. The summed E-state index contributed by atoms with van der Waals surface area (Å²) in [5, 5.41) is 0. The minimum absolute atomic E-state index is 0.308. The summed E-state index contributed by atoms with van der Waals surface area (Å²) in [5.74, 6) is 0. The van der Waals surface area contributed by atoms with Crippen molar-refractivity contribution in [2.45, 2.75) is 39.0 Å². The van der Waals surface area contributed by atoms with Crippen LogP contribution in [0.5, 0.6) is 0 Å². The maximum atomic E-state index is 11.4. The van der Waals surface area contributed by atoms with Gasteiger partial charge in [-0.15, -0.1) is 0 Å². The number of ether oxygens (including phenoxy) is 2. The normalized spacial score (nSPS) is 20.5. The number of hydrogen-bond acceptors (Lipinski definition) is 5. The fourth-order valence-electron chi connectivity index (χ4n) is 1.37. The van der Waals surface area contributed by atoms with Crippen molar-refractivity contribution in [2.75, 3.05) is 6.54 Å². The minimum atomic E-state index is -0.978. The molecule has 0 aromatic heterocycles. The van der Waals surface area contributed by atoms with Gasteiger partial charge in [0.2, 0.25) is 0 Å². The lowest BCUT2D eigenvalue weighted by Crippen LogP contribution is -2.42. The van der Waals surface area contributed by atoms with Crippen LogP contribution in [0, 0.1) is 0 Å². The highest BCUT2D eigenvalue weighted by atomic mass is 16.7. The first-order chi connectivity index (χ1) is 7.00. The summed E-state index contributed by atoms with van der Waals surface area (Å²) in [6.07, 6.45) is -0.814. The van der Waals surface area contributed by atoms with Crippen LogP contribution in [0.3, 0.4) is 0 Å². The number of likely N-dealkylation sites (tertiary alicyclic amines) is 1. The Labute approximate surface area is 88.3 Å². The van der Waals surface area contributed by atoms with Crippen molar-refractivity contribution in [3.8, 4) is 0 Å². The maximum Gasteiger partial charge on any atom is 0.517 e. The molecule has 1 heterocycles. The molecule has 0 bridgehead atoms. The lowest BCUT2D eigenvalue weighted by Gasteiger charge is -2.19. The fraction of sp³-hybridized carbons (Fsp3) is 0.778. The van der Waals surface area contributed by atoms with Gasteiger partial charge in [0.05, 0.1) is 12.3 Å². The van der Waals surface area contributed by atoms with Crippen LogP contribution in [-0.4, -0.2) is 36.0 Å². The predicted molar refractivity (Wildman–Crippen MR) is 52.0 cm³/mol. The molecule has 15 heavy (non-hydrogen) atoms. The lowest BCUT2D eigenvalue weighted by molar-refractivity contribution is 0.0415. The fourth-order valence-corrected chi connectivity index (χ4v) is 1.37. The highest BCUT2D eigenvalue weighted by Gasteiger charge is 2.29. The molecule has 1 aliphatic heterocycles. The molecule has 1 fully saturated rings. The molecule has 0 aliphatic carbocycles. The lowest BCUT2D eigenvalue weighted by atomic mass is 10.3. The Morgan fingerprint density at radius 1 is 1.47 bits per heavy atom. The standard InChI is InChI=1S/C9H16N2O4/c1-6(2)14-9(13)15-8(12)11-5-3-4-7(11)10/h6-7H,3-5,10H2,1-2H3. The van der Waals surface area contributed by atoms with Gasteiger partial charge < -0.3 is 15.2 Å². The number of amides is 1. The minimum Gasteiger partial charge on any atom is -0.431 e. The summed E-state index contributed by atoms with van der Waals surface area (Å²) >= 11 is 0. The highest BCUT2D eigenvalue weighted by Crippen LogP contribution is 2.14. The van der Waals surface area contributed by atoms with Gasteiger partial charge in [0, 0.05) is 6.54 Å². The van der Waals surface area contributed by atoms with Gasteiger partial charge in [-0.05, 0) is 26.7 Å². The number of nitrogens with zero attached hydrogens (tertiary/aromatic N) is 1. The molecule has 1 unspecified atom stereocenters. The van der Waals surface area contributed by atoms with E-state index in [9.17, 15) is 9.59 Å². The second kappa shape index (κ2) is 4.97. The van der Waals surface area contributed by atoms with Crippen LogP contribution in [0.25, 0.3) is 0 Å². The monoisotopic (exact) mass is 216 g/mol. The van der Waals surface area contributed by atoms with E-state index in [4.69, 9.17) is 5.73 Å². The summed E-state index contributed by atoms with van der Waals surface area (Å²) in [7, 11) is 0. The zero-order valence-electron chi connectivity index (χ0n) is 8.93. The smallest absolute Gasteiger partial charge is 0.431 e. The number of nitrogens with two attached hydrogens (primary N) is 1. The molecule has 1 aliphatic rings. The van der Waals surface area contributed by atoms with Gasteiger partial charge in [-0.2, -0.15) is 0 Å². The quantitative estimate of drug-likeness (QED) is 0.523. The number of carbonyl (C=O) groups is 2. The average Bonchev–Trinajstić information content (AvgIpc) is 2.49. The van der Waals surface area contributed by atoms with Gasteiger partial charge in [0.15, 0.2) is 0 Å². The molecule has 1 saturated heterocycles. The Balaban J connectivity index is 2.38. The van der Waals surface area contributed by atoms with Crippen molar-refractivity contribution in [1.29, 1.82) is 0 Å². The van der Waals surface area contributed by atoms with E-state index in [2.05, 4.69) is 9.47 Å². The third-order valence-corrected chi connectivity index (χ3v) is 2.04. The third-order valence-electron chi connectivity index (χ3n) is 2.04. The maximum absolute atomic E-state index is 11.4. The van der Waals surface area contributed by atoms with Gasteiger partial charge in [-0.1, -0.05) is 0 Å². The molecule has 1 atom stereocenters. The zero-order valence-corrected chi connectivity index (χ0v) is 8.93. The molecular weight excluding hydrogens is 200 g/mol. The van der Waals surface area contributed by atoms with Gasteiger partial charge in [-0.25, -0.2) is 9.59 Å². The van der Waals surface area contributed by atoms with E-state index >= 15 is 0 Å². The molecule has 86 valence electrons. The van der Waals surface area contributed by atoms with Gasteiger partial charge >= 0.3 is 12.2 Å². The van der Waals surface area contributed by atoms with E-state index in [1.807, 2.05) is 0 Å². The second-order valence-corrected chi connectivity index (χ2v) is 3.69. The zero-order chi connectivity index (χ0) is 11.4. The molecular formula is C9H16N2O4. The van der Waals surface area contributed by atoms with Crippen molar-refractivity contribution in [1.82, 2.24) is 4.90 Å². The van der Waals surface area contributed by atoms with Crippen molar-refractivity contribution < 1.29 is 19.1 Å². The second-order valence-electron chi connectivity index (χ2n) is 3.69. The summed E-state index contributed by atoms with van der Waals surface area (Å²) in [4.78, 5) is 23.7. The molecule has 0 radical (unpaired) electrons. The molecule has 0 aromatic rings. The van der Waals surface area contributed by atoms with Crippen LogP contribution in [0.15, 0.2) is 0 Å². The van der Waals surface area contributed by atoms with E-state index in [0.717, 1.165) is 12.8 Å². The van der Waals surface area contributed by atoms with Crippen molar-refractivity contribution in [3.63, 3.8) is 0 Å². The first kappa shape index (κ1) is 11.8. The van der Waals surface area contributed by atoms with Gasteiger partial charge in [-0.3, -0.25) is 4.90 Å². The van der Waals surface area contributed by atoms with E-state index in [1.54, 1.807) is 13.8 Å². The Bertz CT molecular complexity index is 254. The first-order valence-electron chi connectivity index (χ1n) is 4.95. The van der Waals surface area contributed by atoms with Gasteiger partial charge in [0.1, 0.15) is 0 Å². The summed E-state index contributed by atoms with van der Waals surface area (Å²) in [6.45, 7) is 3.87. The molecule has 1 amide bonds. The molecule has 0 aromatic carbocycles.